The lowest BCUT2D eigenvalue weighted by atomic mass is 9.55. The smallest absolute Gasteiger partial charge is 0.123 e. The Morgan fingerprint density at radius 3 is 2.85 bits per heavy atom. The number of aliphatic hydroxyl groups excluding tert-OH is 1. The SMILES string of the molecule is C[C@]12CC[C@@H]3c4cc(-c5cccnc5)c(O)cc4CC[C@H]3[C@@H]1CC[C@@H]2O. The molecule has 2 aromatic rings. The van der Waals surface area contributed by atoms with Crippen LogP contribution in [0, 0.1) is 17.3 Å². The van der Waals surface area contributed by atoms with Crippen LogP contribution in [0.2, 0.25) is 0 Å². The van der Waals surface area contributed by atoms with Crippen LogP contribution in [-0.2, 0) is 6.42 Å². The number of rotatable bonds is 1. The molecule has 136 valence electrons. The Labute approximate surface area is 155 Å². The first kappa shape index (κ1) is 16.3. The number of fused-ring (bicyclic) bond motifs is 5. The maximum Gasteiger partial charge on any atom is 0.123 e. The summed E-state index contributed by atoms with van der Waals surface area (Å²) in [5, 5.41) is 21.1. The monoisotopic (exact) mass is 349 g/mol. The van der Waals surface area contributed by atoms with Gasteiger partial charge in [0.2, 0.25) is 0 Å². The van der Waals surface area contributed by atoms with E-state index in [2.05, 4.69) is 18.0 Å². The van der Waals surface area contributed by atoms with Crippen LogP contribution >= 0.6 is 0 Å². The van der Waals surface area contributed by atoms with Crippen molar-refractivity contribution < 1.29 is 10.2 Å². The summed E-state index contributed by atoms with van der Waals surface area (Å²) in [6.45, 7) is 2.32. The van der Waals surface area contributed by atoms with E-state index < -0.39 is 0 Å². The standard InChI is InChI=1S/C23H27NO2/c1-23-9-8-16-17(20(23)6-7-22(23)26)5-4-14-11-21(25)19(12-18(14)16)15-3-2-10-24-13-15/h2-3,10-13,16-17,20,22,25-26H,4-9H2,1H3/t16-,17+,20-,22-,23-/m0/s1. The summed E-state index contributed by atoms with van der Waals surface area (Å²) >= 11 is 0. The lowest BCUT2D eigenvalue weighted by Gasteiger charge is -2.50. The van der Waals surface area contributed by atoms with Gasteiger partial charge in [0.15, 0.2) is 0 Å². The van der Waals surface area contributed by atoms with Crippen LogP contribution in [0.1, 0.15) is 56.1 Å². The predicted octanol–water partition coefficient (Wildman–Crippen LogP) is 4.67. The van der Waals surface area contributed by atoms with Crippen LogP contribution in [0.15, 0.2) is 36.7 Å². The minimum atomic E-state index is -0.124. The Bertz CT molecular complexity index is 834. The molecule has 3 heteroatoms. The van der Waals surface area contributed by atoms with E-state index in [9.17, 15) is 10.2 Å². The normalized spacial score (nSPS) is 35.5. The van der Waals surface area contributed by atoms with Crippen molar-refractivity contribution in [1.29, 1.82) is 0 Å². The van der Waals surface area contributed by atoms with Crippen molar-refractivity contribution in [2.45, 2.75) is 57.5 Å². The van der Waals surface area contributed by atoms with Gasteiger partial charge in [0, 0.05) is 23.5 Å². The number of pyridine rings is 1. The second-order valence-corrected chi connectivity index (χ2v) is 8.86. The second kappa shape index (κ2) is 5.82. The largest absolute Gasteiger partial charge is 0.507 e. The first-order chi connectivity index (χ1) is 12.6. The number of aromatic nitrogens is 1. The fourth-order valence-corrected chi connectivity index (χ4v) is 6.33. The molecular weight excluding hydrogens is 322 g/mol. The topological polar surface area (TPSA) is 53.4 Å². The average molecular weight is 349 g/mol. The lowest BCUT2D eigenvalue weighted by Crippen LogP contribution is -2.43. The molecular formula is C23H27NO2. The van der Waals surface area contributed by atoms with Gasteiger partial charge in [-0.1, -0.05) is 13.0 Å². The quantitative estimate of drug-likeness (QED) is 0.786. The minimum absolute atomic E-state index is 0.113. The molecule has 26 heavy (non-hydrogen) atoms. The van der Waals surface area contributed by atoms with E-state index >= 15 is 0 Å². The van der Waals surface area contributed by atoms with Gasteiger partial charge >= 0.3 is 0 Å². The molecule has 0 aliphatic heterocycles. The Kier molecular flexibility index (Phi) is 3.65. The molecule has 1 aromatic heterocycles. The first-order valence-corrected chi connectivity index (χ1v) is 10.0. The van der Waals surface area contributed by atoms with E-state index in [1.807, 2.05) is 24.4 Å². The summed E-state index contributed by atoms with van der Waals surface area (Å²) < 4.78 is 0. The summed E-state index contributed by atoms with van der Waals surface area (Å²) in [6.07, 6.45) is 10.1. The molecule has 0 unspecified atom stereocenters. The van der Waals surface area contributed by atoms with E-state index in [1.54, 1.807) is 6.20 Å². The molecule has 0 amide bonds. The second-order valence-electron chi connectivity index (χ2n) is 8.86. The zero-order valence-corrected chi connectivity index (χ0v) is 15.4. The molecule has 2 N–H and O–H groups in total. The van der Waals surface area contributed by atoms with Gasteiger partial charge in [-0.3, -0.25) is 4.98 Å². The molecule has 1 aromatic carbocycles. The molecule has 3 aliphatic rings. The van der Waals surface area contributed by atoms with Crippen molar-refractivity contribution >= 4 is 0 Å². The summed E-state index contributed by atoms with van der Waals surface area (Å²) in [6, 6.07) is 8.15. The third kappa shape index (κ3) is 2.26. The van der Waals surface area contributed by atoms with E-state index in [0.717, 1.165) is 36.8 Å². The van der Waals surface area contributed by atoms with Crippen LogP contribution in [-0.4, -0.2) is 21.3 Å². The number of aryl methyl sites for hydroxylation is 1. The van der Waals surface area contributed by atoms with Gasteiger partial charge in [0.25, 0.3) is 0 Å². The zero-order valence-electron chi connectivity index (χ0n) is 15.4. The molecule has 5 rings (SSSR count). The molecule has 1 heterocycles. The number of phenols is 1. The van der Waals surface area contributed by atoms with Gasteiger partial charge in [-0.25, -0.2) is 0 Å². The van der Waals surface area contributed by atoms with Crippen molar-refractivity contribution in [3.05, 3.63) is 47.8 Å². The zero-order chi connectivity index (χ0) is 17.9. The molecule has 3 nitrogen and oxygen atoms in total. The van der Waals surface area contributed by atoms with Gasteiger partial charge in [0.05, 0.1) is 6.10 Å². The molecule has 2 saturated carbocycles. The van der Waals surface area contributed by atoms with Crippen molar-refractivity contribution in [1.82, 2.24) is 4.98 Å². The van der Waals surface area contributed by atoms with Crippen molar-refractivity contribution in [3.63, 3.8) is 0 Å². The highest BCUT2D eigenvalue weighted by molar-refractivity contribution is 5.71. The Hall–Kier alpha value is -1.87. The van der Waals surface area contributed by atoms with Gasteiger partial charge in [-0.05, 0) is 91.0 Å². The maximum atomic E-state index is 10.6. The van der Waals surface area contributed by atoms with Crippen LogP contribution in [0.5, 0.6) is 5.75 Å². The third-order valence-electron chi connectivity index (χ3n) is 7.76. The fraction of sp³-hybridized carbons (Fsp3) is 0.522. The summed E-state index contributed by atoms with van der Waals surface area (Å²) in [4.78, 5) is 4.22. The molecule has 5 atom stereocenters. The molecule has 0 spiro atoms. The number of aliphatic hydroxyl groups is 1. The van der Waals surface area contributed by atoms with Gasteiger partial charge in [-0.15, -0.1) is 0 Å². The molecule has 0 saturated heterocycles. The third-order valence-corrected chi connectivity index (χ3v) is 7.76. The fourth-order valence-electron chi connectivity index (χ4n) is 6.33. The molecule has 0 radical (unpaired) electrons. The highest BCUT2D eigenvalue weighted by Crippen LogP contribution is 2.61. The molecule has 3 aliphatic carbocycles. The van der Waals surface area contributed by atoms with Crippen LogP contribution in [0.3, 0.4) is 0 Å². The van der Waals surface area contributed by atoms with Crippen molar-refractivity contribution in [2.75, 3.05) is 0 Å². The highest BCUT2D eigenvalue weighted by atomic mass is 16.3. The van der Waals surface area contributed by atoms with E-state index in [4.69, 9.17) is 0 Å². The summed E-state index contributed by atoms with van der Waals surface area (Å²) in [7, 11) is 0. The van der Waals surface area contributed by atoms with Gasteiger partial charge < -0.3 is 10.2 Å². The number of hydrogen-bond donors (Lipinski definition) is 2. The van der Waals surface area contributed by atoms with Gasteiger partial charge in [-0.2, -0.15) is 0 Å². The maximum absolute atomic E-state index is 10.6. The summed E-state index contributed by atoms with van der Waals surface area (Å²) in [5.74, 6) is 2.25. The molecule has 2 fully saturated rings. The van der Waals surface area contributed by atoms with E-state index in [1.165, 1.54) is 24.0 Å². The van der Waals surface area contributed by atoms with E-state index in [-0.39, 0.29) is 11.5 Å². The first-order valence-electron chi connectivity index (χ1n) is 10.0. The molecule has 0 bridgehead atoms. The number of phenolic OH excluding ortho intramolecular Hbond substituents is 1. The average Bonchev–Trinajstić information content (AvgIpc) is 2.96. The van der Waals surface area contributed by atoms with Crippen molar-refractivity contribution in [2.24, 2.45) is 17.3 Å². The Morgan fingerprint density at radius 1 is 1.15 bits per heavy atom. The Balaban J connectivity index is 1.56. The number of benzene rings is 1. The van der Waals surface area contributed by atoms with Crippen molar-refractivity contribution in [3.8, 4) is 16.9 Å². The van der Waals surface area contributed by atoms with Crippen LogP contribution < -0.4 is 0 Å². The van der Waals surface area contributed by atoms with E-state index in [0.29, 0.717) is 23.5 Å². The Morgan fingerprint density at radius 2 is 2.04 bits per heavy atom. The number of nitrogens with zero attached hydrogens (tertiary/aromatic N) is 1. The summed E-state index contributed by atoms with van der Waals surface area (Å²) in [5.41, 5.74) is 4.74. The van der Waals surface area contributed by atoms with Crippen LogP contribution in [0.25, 0.3) is 11.1 Å². The number of aromatic hydroxyl groups is 1. The minimum Gasteiger partial charge on any atom is -0.507 e. The lowest BCUT2D eigenvalue weighted by molar-refractivity contribution is -0.0226. The number of hydrogen-bond acceptors (Lipinski definition) is 3. The van der Waals surface area contributed by atoms with Gasteiger partial charge in [0.1, 0.15) is 5.75 Å². The predicted molar refractivity (Wildman–Crippen MR) is 102 cm³/mol. The van der Waals surface area contributed by atoms with Crippen LogP contribution in [0.4, 0.5) is 0 Å². The highest BCUT2D eigenvalue weighted by Gasteiger charge is 2.54.